The van der Waals surface area contributed by atoms with Crippen molar-refractivity contribution in [2.24, 2.45) is 11.7 Å². The molecule has 1 unspecified atom stereocenters. The van der Waals surface area contributed by atoms with E-state index in [9.17, 15) is 14.0 Å². The van der Waals surface area contributed by atoms with Gasteiger partial charge in [0.15, 0.2) is 11.6 Å². The predicted molar refractivity (Wildman–Crippen MR) is 96.8 cm³/mol. The smallest absolute Gasteiger partial charge is 0.350 e. The first kappa shape index (κ1) is 16.9. The molecule has 1 aromatic carbocycles. The van der Waals surface area contributed by atoms with Crippen LogP contribution in [0.5, 0.6) is 5.75 Å². The first-order chi connectivity index (χ1) is 12.4. The Morgan fingerprint density at radius 1 is 1.38 bits per heavy atom. The largest absolute Gasteiger partial charge is 0.487 e. The van der Waals surface area contributed by atoms with Crippen LogP contribution in [0.1, 0.15) is 25.8 Å². The van der Waals surface area contributed by atoms with Gasteiger partial charge in [0, 0.05) is 13.1 Å². The highest BCUT2D eigenvalue weighted by Gasteiger charge is 2.33. The van der Waals surface area contributed by atoms with E-state index < -0.39 is 17.1 Å². The van der Waals surface area contributed by atoms with Gasteiger partial charge in [0.05, 0.1) is 11.4 Å². The number of hydrogen-bond acceptors (Lipinski definition) is 6. The lowest BCUT2D eigenvalue weighted by molar-refractivity contribution is 0.241. The van der Waals surface area contributed by atoms with Crippen LogP contribution < -0.4 is 32.5 Å². The lowest BCUT2D eigenvalue weighted by atomic mass is 10.1. The monoisotopic (exact) mass is 363 g/mol. The first-order valence-electron chi connectivity index (χ1n) is 8.80. The summed E-state index contributed by atoms with van der Waals surface area (Å²) in [6, 6.07) is 0.850. The fourth-order valence-corrected chi connectivity index (χ4v) is 4.06. The number of nitrogens with zero attached hydrogens (tertiary/aromatic N) is 3. The van der Waals surface area contributed by atoms with Gasteiger partial charge in [0.25, 0.3) is 5.56 Å². The molecule has 1 saturated heterocycles. The minimum atomic E-state index is -0.729. The van der Waals surface area contributed by atoms with Gasteiger partial charge in [-0.25, -0.2) is 9.18 Å². The van der Waals surface area contributed by atoms with Crippen molar-refractivity contribution < 1.29 is 9.13 Å². The Bertz CT molecular complexity index is 999. The number of halogens is 1. The molecule has 2 atom stereocenters. The highest BCUT2D eigenvalue weighted by Crippen LogP contribution is 2.42. The van der Waals surface area contributed by atoms with Gasteiger partial charge in [-0.05, 0) is 38.3 Å². The van der Waals surface area contributed by atoms with Gasteiger partial charge in [-0.1, -0.05) is 0 Å². The molecule has 2 aliphatic heterocycles. The summed E-state index contributed by atoms with van der Waals surface area (Å²) in [7, 11) is 0. The third kappa shape index (κ3) is 2.30. The maximum Gasteiger partial charge on any atom is 0.350 e. The maximum atomic E-state index is 15.0. The molecular weight excluding hydrogens is 341 g/mol. The summed E-state index contributed by atoms with van der Waals surface area (Å²) in [5, 5.41) is 0.0487. The van der Waals surface area contributed by atoms with Gasteiger partial charge in [-0.3, -0.25) is 9.36 Å². The summed E-state index contributed by atoms with van der Waals surface area (Å²) in [5.41, 5.74) is 4.92. The Labute approximate surface area is 148 Å². The van der Waals surface area contributed by atoms with Gasteiger partial charge >= 0.3 is 5.69 Å². The quantitative estimate of drug-likeness (QED) is 0.751. The van der Waals surface area contributed by atoms with E-state index in [4.69, 9.17) is 16.3 Å². The standard InChI is InChI=1S/C17H22FN5O3/c1-9-8-26-15-13-11(16(24)23(20)17(25)22(9)13)6-12(18)14(15)21-5-3-10(7-21)2-4-19/h6,9-10H,2-5,7-8,19-20H2,1H3/t9?,10-/m1/s1. The molecule has 0 bridgehead atoms. The predicted octanol–water partition coefficient (Wildman–Crippen LogP) is 0.145. The Morgan fingerprint density at radius 2 is 2.15 bits per heavy atom. The van der Waals surface area contributed by atoms with Crippen LogP contribution in [-0.4, -0.2) is 35.5 Å². The van der Waals surface area contributed by atoms with E-state index in [1.807, 2.05) is 4.90 Å². The average Bonchev–Trinajstić information content (AvgIpc) is 3.06. The summed E-state index contributed by atoms with van der Waals surface area (Å²) in [4.78, 5) is 26.8. The molecule has 0 saturated carbocycles. The van der Waals surface area contributed by atoms with E-state index in [1.54, 1.807) is 6.92 Å². The average molecular weight is 363 g/mol. The number of nitrogens with two attached hydrogens (primary N) is 2. The van der Waals surface area contributed by atoms with Crippen LogP contribution in [0.25, 0.3) is 10.9 Å². The molecule has 1 fully saturated rings. The highest BCUT2D eigenvalue weighted by molar-refractivity contribution is 5.91. The minimum absolute atomic E-state index is 0.0487. The number of nitrogen functional groups attached to an aromatic ring is 1. The molecule has 1 aromatic heterocycles. The zero-order valence-corrected chi connectivity index (χ0v) is 14.6. The van der Waals surface area contributed by atoms with Crippen molar-refractivity contribution in [3.63, 3.8) is 0 Å². The van der Waals surface area contributed by atoms with Crippen LogP contribution in [0.4, 0.5) is 10.1 Å². The second-order valence-corrected chi connectivity index (χ2v) is 7.10. The van der Waals surface area contributed by atoms with Crippen LogP contribution in [0.15, 0.2) is 15.7 Å². The van der Waals surface area contributed by atoms with Crippen LogP contribution in [0, 0.1) is 11.7 Å². The molecule has 0 spiro atoms. The number of benzene rings is 1. The van der Waals surface area contributed by atoms with Crippen LogP contribution in [0.3, 0.4) is 0 Å². The van der Waals surface area contributed by atoms with Gasteiger partial charge in [0.2, 0.25) is 0 Å². The third-order valence-electron chi connectivity index (χ3n) is 5.37. The molecule has 8 nitrogen and oxygen atoms in total. The first-order valence-corrected chi connectivity index (χ1v) is 8.80. The minimum Gasteiger partial charge on any atom is -0.487 e. The van der Waals surface area contributed by atoms with E-state index in [2.05, 4.69) is 0 Å². The van der Waals surface area contributed by atoms with Crippen molar-refractivity contribution in [2.75, 3.05) is 37.0 Å². The van der Waals surface area contributed by atoms with Crippen molar-refractivity contribution in [1.29, 1.82) is 0 Å². The summed E-state index contributed by atoms with van der Waals surface area (Å²) in [6.07, 6.45) is 1.79. The van der Waals surface area contributed by atoms with Crippen molar-refractivity contribution in [3.8, 4) is 5.75 Å². The molecule has 0 radical (unpaired) electrons. The topological polar surface area (TPSA) is 109 Å². The second-order valence-electron chi connectivity index (χ2n) is 7.10. The van der Waals surface area contributed by atoms with Gasteiger partial charge in [-0.2, -0.15) is 4.68 Å². The molecule has 0 aliphatic carbocycles. The van der Waals surface area contributed by atoms with Crippen molar-refractivity contribution in [2.45, 2.75) is 25.8 Å². The number of hydrogen-bond donors (Lipinski definition) is 2. The highest BCUT2D eigenvalue weighted by atomic mass is 19.1. The van der Waals surface area contributed by atoms with E-state index in [0.717, 1.165) is 18.9 Å². The number of ether oxygens (including phenoxy) is 1. The van der Waals surface area contributed by atoms with Gasteiger partial charge in [0.1, 0.15) is 17.8 Å². The summed E-state index contributed by atoms with van der Waals surface area (Å²) in [5.74, 6) is 5.71. The SMILES string of the molecule is CC1COc2c(N3CC[C@@H](CCN)C3)c(F)cc3c(=O)n(N)c(=O)n1c23. The number of rotatable bonds is 3. The van der Waals surface area contributed by atoms with Gasteiger partial charge in [-0.15, -0.1) is 0 Å². The van der Waals surface area contributed by atoms with E-state index in [1.165, 1.54) is 4.57 Å². The Morgan fingerprint density at radius 3 is 2.88 bits per heavy atom. The fourth-order valence-electron chi connectivity index (χ4n) is 4.06. The Hall–Kier alpha value is -2.55. The van der Waals surface area contributed by atoms with E-state index in [0.29, 0.717) is 41.4 Å². The van der Waals surface area contributed by atoms with Crippen molar-refractivity contribution in [3.05, 3.63) is 32.7 Å². The van der Waals surface area contributed by atoms with Crippen LogP contribution >= 0.6 is 0 Å². The zero-order chi connectivity index (χ0) is 18.6. The molecule has 3 heterocycles. The van der Waals surface area contributed by atoms with Gasteiger partial charge < -0.3 is 21.2 Å². The fraction of sp³-hybridized carbons (Fsp3) is 0.529. The lowest BCUT2D eigenvalue weighted by Crippen LogP contribution is -2.47. The molecular formula is C17H22FN5O3. The van der Waals surface area contributed by atoms with E-state index in [-0.39, 0.29) is 23.8 Å². The molecule has 26 heavy (non-hydrogen) atoms. The summed E-state index contributed by atoms with van der Waals surface area (Å²) >= 11 is 0. The summed E-state index contributed by atoms with van der Waals surface area (Å²) in [6.45, 7) is 3.94. The molecule has 0 amide bonds. The normalized spacial score (nSPS) is 22.0. The Kier molecular flexibility index (Phi) is 3.91. The van der Waals surface area contributed by atoms with Crippen molar-refractivity contribution >= 4 is 16.6 Å². The molecule has 9 heteroatoms. The van der Waals surface area contributed by atoms with E-state index >= 15 is 0 Å². The van der Waals surface area contributed by atoms with Crippen molar-refractivity contribution in [1.82, 2.24) is 9.24 Å². The molecule has 4 N–H and O–H groups in total. The molecule has 4 rings (SSSR count). The number of anilines is 1. The Balaban J connectivity index is 1.98. The van der Waals surface area contributed by atoms with Crippen LogP contribution in [0.2, 0.25) is 0 Å². The summed E-state index contributed by atoms with van der Waals surface area (Å²) < 4.78 is 22.7. The molecule has 2 aromatic rings. The third-order valence-corrected chi connectivity index (χ3v) is 5.37. The molecule has 140 valence electrons. The lowest BCUT2D eigenvalue weighted by Gasteiger charge is -2.30. The van der Waals surface area contributed by atoms with Crippen LogP contribution in [-0.2, 0) is 0 Å². The zero-order valence-electron chi connectivity index (χ0n) is 14.6. The second kappa shape index (κ2) is 6.01. The molecule has 2 aliphatic rings. The number of aromatic nitrogens is 2. The maximum absolute atomic E-state index is 15.0.